The molecular formula is C59H38N4. The van der Waals surface area contributed by atoms with E-state index in [1.54, 1.807) is 0 Å². The van der Waals surface area contributed by atoms with Crippen LogP contribution in [0.3, 0.4) is 0 Å². The van der Waals surface area contributed by atoms with Gasteiger partial charge >= 0.3 is 0 Å². The molecule has 0 aliphatic rings. The van der Waals surface area contributed by atoms with Crippen molar-refractivity contribution in [2.24, 2.45) is 0 Å². The summed E-state index contributed by atoms with van der Waals surface area (Å²) < 4.78 is 2.41. The van der Waals surface area contributed by atoms with E-state index in [0.717, 1.165) is 83.5 Å². The van der Waals surface area contributed by atoms with Crippen LogP contribution in [0.1, 0.15) is 0 Å². The van der Waals surface area contributed by atoms with Crippen LogP contribution in [0.2, 0.25) is 0 Å². The Morgan fingerprint density at radius 1 is 0.270 bits per heavy atom. The maximum absolute atomic E-state index is 5.36. The molecular weight excluding hydrogens is 765 g/mol. The second-order valence-electron chi connectivity index (χ2n) is 16.0. The highest BCUT2D eigenvalue weighted by molar-refractivity contribution is 6.19. The zero-order chi connectivity index (χ0) is 41.7. The molecule has 0 unspecified atom stereocenters. The molecule has 9 aromatic carbocycles. The number of nitrogens with zero attached hydrogens (tertiary/aromatic N) is 4. The Morgan fingerprint density at radius 2 is 0.794 bits per heavy atom. The van der Waals surface area contributed by atoms with Crippen LogP contribution in [0.25, 0.3) is 117 Å². The molecule has 0 amide bonds. The van der Waals surface area contributed by atoms with E-state index >= 15 is 0 Å². The second kappa shape index (κ2) is 15.2. The highest BCUT2D eigenvalue weighted by Crippen LogP contribution is 2.40. The molecule has 0 aliphatic heterocycles. The van der Waals surface area contributed by atoms with Gasteiger partial charge in [0.25, 0.3) is 0 Å². The van der Waals surface area contributed by atoms with Crippen molar-refractivity contribution in [2.45, 2.75) is 0 Å². The van der Waals surface area contributed by atoms with Crippen molar-refractivity contribution in [3.8, 4) is 73.1 Å². The van der Waals surface area contributed by atoms with Crippen LogP contribution >= 0.6 is 0 Å². The number of rotatable bonds is 7. The van der Waals surface area contributed by atoms with Crippen LogP contribution in [0.5, 0.6) is 0 Å². The van der Waals surface area contributed by atoms with Crippen LogP contribution in [0.4, 0.5) is 0 Å². The van der Waals surface area contributed by atoms with Crippen molar-refractivity contribution in [2.75, 3.05) is 0 Å². The minimum atomic E-state index is 0.694. The Morgan fingerprint density at radius 3 is 1.52 bits per heavy atom. The molecule has 0 atom stereocenters. The van der Waals surface area contributed by atoms with Gasteiger partial charge in [0.05, 0.1) is 33.6 Å². The van der Waals surface area contributed by atoms with Crippen molar-refractivity contribution < 1.29 is 0 Å². The molecule has 294 valence electrons. The van der Waals surface area contributed by atoms with Crippen LogP contribution in [0, 0.1) is 0 Å². The van der Waals surface area contributed by atoms with E-state index < -0.39 is 0 Å². The van der Waals surface area contributed by atoms with Gasteiger partial charge in [-0.1, -0.05) is 188 Å². The third kappa shape index (κ3) is 6.53. The molecule has 4 nitrogen and oxygen atoms in total. The average Bonchev–Trinajstić information content (AvgIpc) is 3.69. The monoisotopic (exact) mass is 802 g/mol. The first kappa shape index (κ1) is 36.4. The van der Waals surface area contributed by atoms with Gasteiger partial charge in [-0.3, -0.25) is 0 Å². The largest absolute Gasteiger partial charge is 0.309 e. The normalized spacial score (nSPS) is 11.5. The smallest absolute Gasteiger partial charge is 0.160 e. The van der Waals surface area contributed by atoms with Gasteiger partial charge in [0.15, 0.2) is 5.82 Å². The van der Waals surface area contributed by atoms with Crippen LogP contribution in [-0.4, -0.2) is 19.5 Å². The lowest BCUT2D eigenvalue weighted by molar-refractivity contribution is 1.18. The van der Waals surface area contributed by atoms with E-state index in [2.05, 4.69) is 211 Å². The Hall–Kier alpha value is -8.47. The summed E-state index contributed by atoms with van der Waals surface area (Å²) >= 11 is 0. The molecule has 0 fully saturated rings. The zero-order valence-corrected chi connectivity index (χ0v) is 34.2. The molecule has 0 bridgehead atoms. The van der Waals surface area contributed by atoms with Crippen molar-refractivity contribution in [1.29, 1.82) is 0 Å². The highest BCUT2D eigenvalue weighted by Gasteiger charge is 2.18. The number of benzene rings is 9. The predicted molar refractivity (Wildman–Crippen MR) is 262 cm³/mol. The number of fused-ring (bicyclic) bond motifs is 6. The molecule has 0 saturated heterocycles. The van der Waals surface area contributed by atoms with E-state index in [9.17, 15) is 0 Å². The fourth-order valence-corrected chi connectivity index (χ4v) is 9.10. The van der Waals surface area contributed by atoms with Crippen LogP contribution < -0.4 is 0 Å². The van der Waals surface area contributed by atoms with Gasteiger partial charge in [0, 0.05) is 49.5 Å². The summed E-state index contributed by atoms with van der Waals surface area (Å²) in [4.78, 5) is 15.7. The standard InChI is InChI=1S/C59H38N4/c1-5-16-39(17-6-1)40-28-30-41(31-29-40)53-38-54(62-59(61-53)43-20-9-3-10-21-43)46-23-15-22-44(34-46)45-32-33-49-52-36-55-51(37-57(52)63(56(49)35-45)47-24-11-4-12-25-47)48-26-13-14-27-50(48)58(60-55)42-18-7-2-8-19-42/h1-38H. The van der Waals surface area contributed by atoms with Gasteiger partial charge in [-0.25, -0.2) is 15.0 Å². The topological polar surface area (TPSA) is 43.6 Å². The fraction of sp³-hybridized carbons (Fsp3) is 0. The van der Waals surface area contributed by atoms with E-state index in [0.29, 0.717) is 5.82 Å². The summed E-state index contributed by atoms with van der Waals surface area (Å²) in [7, 11) is 0. The number of hydrogen-bond donors (Lipinski definition) is 0. The lowest BCUT2D eigenvalue weighted by Gasteiger charge is -2.12. The Balaban J connectivity index is 1.01. The van der Waals surface area contributed by atoms with E-state index in [-0.39, 0.29) is 0 Å². The van der Waals surface area contributed by atoms with E-state index in [4.69, 9.17) is 15.0 Å². The van der Waals surface area contributed by atoms with Crippen molar-refractivity contribution >= 4 is 43.5 Å². The molecule has 0 N–H and O–H groups in total. The van der Waals surface area contributed by atoms with Crippen LogP contribution in [0.15, 0.2) is 231 Å². The van der Waals surface area contributed by atoms with Gasteiger partial charge in [-0.2, -0.15) is 0 Å². The predicted octanol–water partition coefficient (Wildman–Crippen LogP) is 15.3. The van der Waals surface area contributed by atoms with Gasteiger partial charge in [-0.05, 0) is 70.1 Å². The highest BCUT2D eigenvalue weighted by atomic mass is 15.0. The number of pyridine rings is 1. The summed E-state index contributed by atoms with van der Waals surface area (Å²) in [6, 6.07) is 81.6. The van der Waals surface area contributed by atoms with E-state index in [1.807, 2.05) is 24.3 Å². The van der Waals surface area contributed by atoms with Crippen molar-refractivity contribution in [3.63, 3.8) is 0 Å². The molecule has 0 aliphatic carbocycles. The average molecular weight is 803 g/mol. The van der Waals surface area contributed by atoms with Crippen molar-refractivity contribution in [1.82, 2.24) is 19.5 Å². The maximum Gasteiger partial charge on any atom is 0.160 e. The molecule has 3 aromatic heterocycles. The summed E-state index contributed by atoms with van der Waals surface area (Å²) in [6.45, 7) is 0. The number of aromatic nitrogens is 4. The minimum absolute atomic E-state index is 0.694. The molecule has 12 aromatic rings. The minimum Gasteiger partial charge on any atom is -0.309 e. The second-order valence-corrected chi connectivity index (χ2v) is 16.0. The van der Waals surface area contributed by atoms with Gasteiger partial charge in [0.1, 0.15) is 0 Å². The molecule has 3 heterocycles. The molecule has 0 saturated carbocycles. The summed E-state index contributed by atoms with van der Waals surface area (Å²) in [5.74, 6) is 0.694. The number of para-hydroxylation sites is 1. The quantitative estimate of drug-likeness (QED) is 0.151. The molecule has 0 radical (unpaired) electrons. The first-order chi connectivity index (χ1) is 31.2. The van der Waals surface area contributed by atoms with Gasteiger partial charge in [-0.15, -0.1) is 0 Å². The zero-order valence-electron chi connectivity index (χ0n) is 34.2. The summed E-state index contributed by atoms with van der Waals surface area (Å²) in [5.41, 5.74) is 15.9. The SMILES string of the molecule is c1ccc(-c2ccc(-c3cc(-c4cccc(-c5ccc6c7cc8nc(-c9ccccc9)c9ccccc9c8cc7n(-c7ccccc7)c6c5)c4)nc(-c4ccccc4)n3)cc2)cc1. The molecule has 12 rings (SSSR count). The van der Waals surface area contributed by atoms with Gasteiger partial charge < -0.3 is 4.57 Å². The third-order valence-electron chi connectivity index (χ3n) is 12.2. The number of hydrogen-bond acceptors (Lipinski definition) is 3. The first-order valence-corrected chi connectivity index (χ1v) is 21.3. The summed E-state index contributed by atoms with van der Waals surface area (Å²) in [5, 5.41) is 5.82. The lowest BCUT2D eigenvalue weighted by atomic mass is 9.98. The lowest BCUT2D eigenvalue weighted by Crippen LogP contribution is -1.96. The van der Waals surface area contributed by atoms with Gasteiger partial charge in [0.2, 0.25) is 0 Å². The summed E-state index contributed by atoms with van der Waals surface area (Å²) in [6.07, 6.45) is 0. The fourth-order valence-electron chi connectivity index (χ4n) is 9.10. The maximum atomic E-state index is 5.36. The van der Waals surface area contributed by atoms with Crippen LogP contribution in [-0.2, 0) is 0 Å². The Kier molecular flexibility index (Phi) is 8.79. The Labute approximate surface area is 365 Å². The van der Waals surface area contributed by atoms with Crippen molar-refractivity contribution in [3.05, 3.63) is 231 Å². The third-order valence-corrected chi connectivity index (χ3v) is 12.2. The molecule has 63 heavy (non-hydrogen) atoms. The molecule has 0 spiro atoms. The Bertz CT molecular complexity index is 3640. The van der Waals surface area contributed by atoms with E-state index in [1.165, 1.54) is 27.3 Å². The molecule has 4 heteroatoms. The first-order valence-electron chi connectivity index (χ1n) is 21.3.